The van der Waals surface area contributed by atoms with Crippen LogP contribution in [0.5, 0.6) is 5.75 Å². The molecule has 0 radical (unpaired) electrons. The number of amides is 5. The Morgan fingerprint density at radius 1 is 1.15 bits per heavy atom. The first-order valence-electron chi connectivity index (χ1n) is 8.06. The molecule has 1 aromatic rings. The van der Waals surface area contributed by atoms with Crippen LogP contribution in [0.1, 0.15) is 13.8 Å². The third kappa shape index (κ3) is 3.74. The van der Waals surface area contributed by atoms with Gasteiger partial charge in [0, 0.05) is 13.1 Å². The minimum atomic E-state index is -1.02. The summed E-state index contributed by atoms with van der Waals surface area (Å²) >= 11 is 0. The van der Waals surface area contributed by atoms with E-state index in [9.17, 15) is 19.2 Å². The first-order chi connectivity index (χ1) is 12.3. The summed E-state index contributed by atoms with van der Waals surface area (Å²) in [6.45, 7) is 7.54. The van der Waals surface area contributed by atoms with Gasteiger partial charge in [0.05, 0.1) is 12.8 Å². The highest BCUT2D eigenvalue weighted by atomic mass is 16.5. The van der Waals surface area contributed by atoms with Crippen molar-refractivity contribution in [3.05, 3.63) is 36.4 Å². The molecule has 1 fully saturated rings. The number of methoxy groups -OCH3 is 1. The van der Waals surface area contributed by atoms with Gasteiger partial charge < -0.3 is 9.64 Å². The number of urea groups is 1. The van der Waals surface area contributed by atoms with Crippen LogP contribution in [-0.2, 0) is 14.4 Å². The van der Waals surface area contributed by atoms with Crippen molar-refractivity contribution in [3.8, 4) is 5.75 Å². The molecule has 1 aliphatic heterocycles. The quantitative estimate of drug-likeness (QED) is 0.417. The fourth-order valence-electron chi connectivity index (χ4n) is 2.54. The standard InChI is InChI=1S/C18H21N3O5/c1-5-19(10-12(2)3)15(22)11-20-16(23)17(24)21(18(20)25)13-6-8-14(26-4)9-7-13/h6-9H,2,5,10-11H2,1,3-4H3. The lowest BCUT2D eigenvalue weighted by Gasteiger charge is -2.23. The van der Waals surface area contributed by atoms with Crippen molar-refractivity contribution < 1.29 is 23.9 Å². The fraction of sp³-hybridized carbons (Fsp3) is 0.333. The summed E-state index contributed by atoms with van der Waals surface area (Å²) in [5.41, 5.74) is 1.01. The normalized spacial score (nSPS) is 14.0. The molecule has 5 amide bonds. The van der Waals surface area contributed by atoms with Crippen molar-refractivity contribution in [1.82, 2.24) is 9.80 Å². The van der Waals surface area contributed by atoms with Gasteiger partial charge in [-0.3, -0.25) is 14.4 Å². The van der Waals surface area contributed by atoms with E-state index in [0.717, 1.165) is 10.5 Å². The second kappa shape index (κ2) is 7.81. The molecule has 0 spiro atoms. The van der Waals surface area contributed by atoms with Gasteiger partial charge in [0.2, 0.25) is 5.91 Å². The van der Waals surface area contributed by atoms with Crippen molar-refractivity contribution in [2.45, 2.75) is 13.8 Å². The van der Waals surface area contributed by atoms with Crippen LogP contribution in [0, 0.1) is 0 Å². The van der Waals surface area contributed by atoms with E-state index < -0.39 is 30.3 Å². The molecule has 0 atom stereocenters. The number of anilines is 1. The molecular weight excluding hydrogens is 338 g/mol. The van der Waals surface area contributed by atoms with Crippen molar-refractivity contribution in [1.29, 1.82) is 0 Å². The fourth-order valence-corrected chi connectivity index (χ4v) is 2.54. The van der Waals surface area contributed by atoms with Crippen LogP contribution in [-0.4, -0.2) is 60.3 Å². The highest BCUT2D eigenvalue weighted by molar-refractivity contribution is 6.53. The zero-order chi connectivity index (χ0) is 19.4. The van der Waals surface area contributed by atoms with Gasteiger partial charge in [-0.25, -0.2) is 14.6 Å². The third-order valence-corrected chi connectivity index (χ3v) is 3.87. The highest BCUT2D eigenvalue weighted by Gasteiger charge is 2.46. The number of imide groups is 2. The lowest BCUT2D eigenvalue weighted by molar-refractivity contribution is -0.142. The largest absolute Gasteiger partial charge is 0.497 e. The Hall–Kier alpha value is -3.16. The zero-order valence-corrected chi connectivity index (χ0v) is 15.0. The molecule has 138 valence electrons. The summed E-state index contributed by atoms with van der Waals surface area (Å²) in [7, 11) is 1.49. The first kappa shape index (κ1) is 19.2. The van der Waals surface area contributed by atoms with Gasteiger partial charge in [-0.05, 0) is 38.1 Å². The van der Waals surface area contributed by atoms with E-state index in [2.05, 4.69) is 6.58 Å². The Morgan fingerprint density at radius 3 is 2.27 bits per heavy atom. The van der Waals surface area contributed by atoms with E-state index in [1.54, 1.807) is 26.0 Å². The summed E-state index contributed by atoms with van der Waals surface area (Å²) in [6, 6.07) is 5.28. The van der Waals surface area contributed by atoms with Crippen LogP contribution in [0.15, 0.2) is 36.4 Å². The number of rotatable bonds is 7. The molecule has 0 N–H and O–H groups in total. The van der Waals surface area contributed by atoms with Crippen LogP contribution in [0.25, 0.3) is 0 Å². The number of hydrogen-bond donors (Lipinski definition) is 0. The highest BCUT2D eigenvalue weighted by Crippen LogP contribution is 2.24. The van der Waals surface area contributed by atoms with Crippen LogP contribution < -0.4 is 9.64 Å². The van der Waals surface area contributed by atoms with Crippen LogP contribution >= 0.6 is 0 Å². The van der Waals surface area contributed by atoms with E-state index in [4.69, 9.17) is 4.74 Å². The monoisotopic (exact) mass is 359 g/mol. The molecule has 0 aromatic heterocycles. The van der Waals surface area contributed by atoms with Gasteiger partial charge in [0.1, 0.15) is 12.3 Å². The number of hydrogen-bond acceptors (Lipinski definition) is 5. The lowest BCUT2D eigenvalue weighted by atomic mass is 10.3. The summed E-state index contributed by atoms with van der Waals surface area (Å²) < 4.78 is 5.03. The van der Waals surface area contributed by atoms with E-state index in [-0.39, 0.29) is 5.69 Å². The Balaban J connectivity index is 2.19. The predicted molar refractivity (Wildman–Crippen MR) is 94.7 cm³/mol. The maximum atomic E-state index is 12.5. The number of benzene rings is 1. The molecule has 0 aliphatic carbocycles. The number of ether oxygens (including phenoxy) is 1. The molecule has 0 bridgehead atoms. The lowest BCUT2D eigenvalue weighted by Crippen LogP contribution is -2.44. The Morgan fingerprint density at radius 2 is 1.77 bits per heavy atom. The number of carbonyl (C=O) groups excluding carboxylic acids is 4. The van der Waals surface area contributed by atoms with Crippen LogP contribution in [0.4, 0.5) is 10.5 Å². The van der Waals surface area contributed by atoms with Gasteiger partial charge in [0.25, 0.3) is 0 Å². The van der Waals surface area contributed by atoms with E-state index in [0.29, 0.717) is 23.7 Å². The smallest absolute Gasteiger partial charge is 0.339 e. The van der Waals surface area contributed by atoms with E-state index in [1.165, 1.54) is 24.1 Å². The summed E-state index contributed by atoms with van der Waals surface area (Å²) in [5, 5.41) is 0. The molecular formula is C18H21N3O5. The summed E-state index contributed by atoms with van der Waals surface area (Å²) in [4.78, 5) is 52.2. The van der Waals surface area contributed by atoms with Crippen molar-refractivity contribution in [2.75, 3.05) is 31.6 Å². The minimum Gasteiger partial charge on any atom is -0.497 e. The maximum Gasteiger partial charge on any atom is 0.339 e. The average molecular weight is 359 g/mol. The van der Waals surface area contributed by atoms with Gasteiger partial charge in [-0.15, -0.1) is 0 Å². The summed E-state index contributed by atoms with van der Waals surface area (Å²) in [5.74, 6) is -1.90. The molecule has 0 unspecified atom stereocenters. The second-order valence-corrected chi connectivity index (χ2v) is 5.88. The Labute approximate surface area is 151 Å². The van der Waals surface area contributed by atoms with E-state index in [1.807, 2.05) is 0 Å². The first-order valence-corrected chi connectivity index (χ1v) is 8.06. The maximum absolute atomic E-state index is 12.5. The minimum absolute atomic E-state index is 0.235. The molecule has 8 heteroatoms. The zero-order valence-electron chi connectivity index (χ0n) is 15.0. The van der Waals surface area contributed by atoms with Gasteiger partial charge >= 0.3 is 17.8 Å². The van der Waals surface area contributed by atoms with Crippen molar-refractivity contribution >= 4 is 29.4 Å². The SMILES string of the molecule is C=C(C)CN(CC)C(=O)CN1C(=O)C(=O)N(c2ccc(OC)cc2)C1=O. The predicted octanol–water partition coefficient (Wildman–Crippen LogP) is 1.41. The third-order valence-electron chi connectivity index (χ3n) is 3.87. The molecule has 1 aliphatic rings. The van der Waals surface area contributed by atoms with Gasteiger partial charge in [0.15, 0.2) is 0 Å². The average Bonchev–Trinajstić information content (AvgIpc) is 2.83. The molecule has 8 nitrogen and oxygen atoms in total. The number of likely N-dealkylation sites (N-methyl/N-ethyl adjacent to an activating group) is 1. The number of carbonyl (C=O) groups is 4. The molecule has 1 heterocycles. The van der Waals surface area contributed by atoms with Crippen molar-refractivity contribution in [2.24, 2.45) is 0 Å². The molecule has 1 saturated heterocycles. The topological polar surface area (TPSA) is 87.2 Å². The molecule has 2 rings (SSSR count). The van der Waals surface area contributed by atoms with Crippen LogP contribution in [0.3, 0.4) is 0 Å². The van der Waals surface area contributed by atoms with Crippen LogP contribution in [0.2, 0.25) is 0 Å². The van der Waals surface area contributed by atoms with E-state index >= 15 is 0 Å². The van der Waals surface area contributed by atoms with Crippen molar-refractivity contribution in [3.63, 3.8) is 0 Å². The second-order valence-electron chi connectivity index (χ2n) is 5.88. The Kier molecular flexibility index (Phi) is 5.76. The van der Waals surface area contributed by atoms with Gasteiger partial charge in [-0.1, -0.05) is 12.2 Å². The molecule has 26 heavy (non-hydrogen) atoms. The Bertz CT molecular complexity index is 757. The number of nitrogens with zero attached hydrogens (tertiary/aromatic N) is 3. The van der Waals surface area contributed by atoms with Gasteiger partial charge in [-0.2, -0.15) is 0 Å². The summed E-state index contributed by atoms with van der Waals surface area (Å²) in [6.07, 6.45) is 0. The molecule has 1 aromatic carbocycles. The molecule has 0 saturated carbocycles.